The lowest BCUT2D eigenvalue weighted by Crippen LogP contribution is -2.13. The summed E-state index contributed by atoms with van der Waals surface area (Å²) in [5, 5.41) is 5.08. The van der Waals surface area contributed by atoms with E-state index in [4.69, 9.17) is 5.14 Å². The van der Waals surface area contributed by atoms with Crippen molar-refractivity contribution in [2.75, 3.05) is 0 Å². The number of aromatic nitrogens is 2. The molecule has 78 valence electrons. The fourth-order valence-corrected chi connectivity index (χ4v) is 2.07. The van der Waals surface area contributed by atoms with Crippen molar-refractivity contribution in [1.29, 1.82) is 0 Å². The Morgan fingerprint density at radius 3 is 2.33 bits per heavy atom. The van der Waals surface area contributed by atoms with Gasteiger partial charge in [0.05, 0.1) is 5.52 Å². The molecule has 6 heteroatoms. The summed E-state index contributed by atoms with van der Waals surface area (Å²) in [5.74, 6) is 0. The average molecular weight is 223 g/mol. The Bertz CT molecular complexity index is 622. The Kier molecular flexibility index (Phi) is 2.17. The summed E-state index contributed by atoms with van der Waals surface area (Å²) in [7, 11) is -3.75. The Hall–Kier alpha value is -1.53. The van der Waals surface area contributed by atoms with Crippen molar-refractivity contribution < 1.29 is 8.42 Å². The van der Waals surface area contributed by atoms with Gasteiger partial charge in [-0.05, 0) is 18.6 Å². The van der Waals surface area contributed by atoms with Crippen LogP contribution in [0.5, 0.6) is 0 Å². The summed E-state index contributed by atoms with van der Waals surface area (Å²) in [6, 6.07) is 3.11. The zero-order valence-electron chi connectivity index (χ0n) is 8.01. The first-order valence-corrected chi connectivity index (χ1v) is 5.78. The van der Waals surface area contributed by atoms with Gasteiger partial charge in [-0.15, -0.1) is 0 Å². The first-order valence-electron chi connectivity index (χ1n) is 4.23. The first-order chi connectivity index (χ1) is 7.00. The number of rotatable bonds is 1. The van der Waals surface area contributed by atoms with Gasteiger partial charge >= 0.3 is 0 Å². The minimum atomic E-state index is -3.75. The fraction of sp³-hybridized carbons (Fsp3) is 0.111. The van der Waals surface area contributed by atoms with Gasteiger partial charge in [-0.2, -0.15) is 0 Å². The molecule has 1 heterocycles. The third kappa shape index (κ3) is 1.69. The van der Waals surface area contributed by atoms with Crippen molar-refractivity contribution in [3.8, 4) is 0 Å². The van der Waals surface area contributed by atoms with Crippen molar-refractivity contribution in [2.24, 2.45) is 5.14 Å². The molecule has 0 amide bonds. The van der Waals surface area contributed by atoms with Crippen LogP contribution < -0.4 is 5.14 Å². The Labute approximate surface area is 87.0 Å². The number of nitrogens with zero attached hydrogens (tertiary/aromatic N) is 2. The van der Waals surface area contributed by atoms with Gasteiger partial charge in [0.25, 0.3) is 0 Å². The van der Waals surface area contributed by atoms with Crippen molar-refractivity contribution >= 4 is 21.1 Å². The number of primary sulfonamides is 1. The number of aryl methyl sites for hydroxylation is 1. The maximum atomic E-state index is 11.3. The highest BCUT2D eigenvalue weighted by Crippen LogP contribution is 2.20. The second-order valence-electron chi connectivity index (χ2n) is 3.18. The predicted octanol–water partition coefficient (Wildman–Crippen LogP) is 0.586. The van der Waals surface area contributed by atoms with Gasteiger partial charge in [0.1, 0.15) is 10.4 Å². The maximum Gasteiger partial charge on any atom is 0.240 e. The van der Waals surface area contributed by atoms with E-state index in [2.05, 4.69) is 9.97 Å². The molecule has 2 N–H and O–H groups in total. The molecule has 0 spiro atoms. The Morgan fingerprint density at radius 1 is 1.13 bits per heavy atom. The fourth-order valence-electron chi connectivity index (χ4n) is 1.40. The molecule has 0 unspecified atom stereocenters. The number of hydrogen-bond acceptors (Lipinski definition) is 4. The minimum Gasteiger partial charge on any atom is -0.253 e. The van der Waals surface area contributed by atoms with E-state index in [0.29, 0.717) is 11.0 Å². The zero-order chi connectivity index (χ0) is 11.1. The number of nitrogens with two attached hydrogens (primary N) is 1. The molecular formula is C9H9N3O2S. The molecule has 2 rings (SSSR count). The maximum absolute atomic E-state index is 11.3. The van der Waals surface area contributed by atoms with Crippen LogP contribution in [0.15, 0.2) is 29.4 Å². The van der Waals surface area contributed by atoms with Gasteiger partial charge in [0.15, 0.2) is 0 Å². The molecule has 0 radical (unpaired) electrons. The molecule has 1 aromatic heterocycles. The minimum absolute atomic E-state index is 0.0104. The Morgan fingerprint density at radius 2 is 1.73 bits per heavy atom. The van der Waals surface area contributed by atoms with E-state index in [-0.39, 0.29) is 4.90 Å². The average Bonchev–Trinajstić information content (AvgIpc) is 2.17. The molecule has 0 aliphatic rings. The molecule has 0 aliphatic carbocycles. The standard InChI is InChI=1S/C9H9N3O2S/c1-6-2-3-7(15(10,13)14)9-8(6)11-4-5-12-9/h2-5H,1H3,(H2,10,13,14). The van der Waals surface area contributed by atoms with Crippen LogP contribution >= 0.6 is 0 Å². The zero-order valence-corrected chi connectivity index (χ0v) is 8.82. The third-order valence-corrected chi connectivity index (χ3v) is 3.04. The van der Waals surface area contributed by atoms with Crippen LogP contribution in [-0.2, 0) is 10.0 Å². The number of sulfonamides is 1. The van der Waals surface area contributed by atoms with Crippen LogP contribution in [-0.4, -0.2) is 18.4 Å². The molecule has 0 saturated heterocycles. The second kappa shape index (κ2) is 3.25. The molecular weight excluding hydrogens is 214 g/mol. The Balaban J connectivity index is 2.96. The van der Waals surface area contributed by atoms with Gasteiger partial charge in [0, 0.05) is 12.4 Å². The predicted molar refractivity (Wildman–Crippen MR) is 55.6 cm³/mol. The van der Waals surface area contributed by atoms with Crippen LogP contribution in [0.3, 0.4) is 0 Å². The van der Waals surface area contributed by atoms with Gasteiger partial charge < -0.3 is 0 Å². The lowest BCUT2D eigenvalue weighted by atomic mass is 10.2. The molecule has 0 bridgehead atoms. The monoisotopic (exact) mass is 223 g/mol. The molecule has 1 aromatic carbocycles. The van der Waals surface area contributed by atoms with Crippen molar-refractivity contribution in [2.45, 2.75) is 11.8 Å². The smallest absolute Gasteiger partial charge is 0.240 e. The lowest BCUT2D eigenvalue weighted by Gasteiger charge is -2.04. The summed E-state index contributed by atoms with van der Waals surface area (Å²) in [6.07, 6.45) is 2.96. The molecule has 0 aliphatic heterocycles. The SMILES string of the molecule is Cc1ccc(S(N)(=O)=O)c2nccnc12. The van der Waals surface area contributed by atoms with E-state index in [0.717, 1.165) is 5.56 Å². The van der Waals surface area contributed by atoms with E-state index in [9.17, 15) is 8.42 Å². The van der Waals surface area contributed by atoms with E-state index < -0.39 is 10.0 Å². The van der Waals surface area contributed by atoms with Crippen LogP contribution in [0, 0.1) is 6.92 Å². The number of fused-ring (bicyclic) bond motifs is 1. The third-order valence-electron chi connectivity index (χ3n) is 2.10. The number of hydrogen-bond donors (Lipinski definition) is 1. The van der Waals surface area contributed by atoms with Crippen LogP contribution in [0.25, 0.3) is 11.0 Å². The van der Waals surface area contributed by atoms with Gasteiger partial charge in [-0.1, -0.05) is 6.07 Å². The van der Waals surface area contributed by atoms with Crippen LogP contribution in [0.4, 0.5) is 0 Å². The lowest BCUT2D eigenvalue weighted by molar-refractivity contribution is 0.598. The van der Waals surface area contributed by atoms with Crippen molar-refractivity contribution in [3.05, 3.63) is 30.1 Å². The first kappa shape index (κ1) is 10.0. The largest absolute Gasteiger partial charge is 0.253 e. The molecule has 5 nitrogen and oxygen atoms in total. The summed E-state index contributed by atoms with van der Waals surface area (Å²) >= 11 is 0. The highest BCUT2D eigenvalue weighted by molar-refractivity contribution is 7.89. The topological polar surface area (TPSA) is 85.9 Å². The van der Waals surface area contributed by atoms with E-state index in [1.807, 2.05) is 6.92 Å². The molecule has 0 saturated carbocycles. The normalized spacial score (nSPS) is 11.9. The molecule has 15 heavy (non-hydrogen) atoms. The van der Waals surface area contributed by atoms with Gasteiger partial charge in [0.2, 0.25) is 10.0 Å². The van der Waals surface area contributed by atoms with Crippen LogP contribution in [0.1, 0.15) is 5.56 Å². The van der Waals surface area contributed by atoms with E-state index >= 15 is 0 Å². The summed E-state index contributed by atoms with van der Waals surface area (Å²) in [4.78, 5) is 8.07. The highest BCUT2D eigenvalue weighted by Gasteiger charge is 2.14. The van der Waals surface area contributed by atoms with E-state index in [1.165, 1.54) is 18.5 Å². The van der Waals surface area contributed by atoms with Crippen molar-refractivity contribution in [3.63, 3.8) is 0 Å². The molecule has 0 fully saturated rings. The van der Waals surface area contributed by atoms with E-state index in [1.54, 1.807) is 6.07 Å². The number of benzene rings is 1. The summed E-state index contributed by atoms with van der Waals surface area (Å²) in [5.41, 5.74) is 1.74. The van der Waals surface area contributed by atoms with Crippen LogP contribution in [0.2, 0.25) is 0 Å². The second-order valence-corrected chi connectivity index (χ2v) is 4.71. The van der Waals surface area contributed by atoms with Crippen molar-refractivity contribution in [1.82, 2.24) is 9.97 Å². The molecule has 2 aromatic rings. The summed E-state index contributed by atoms with van der Waals surface area (Å²) in [6.45, 7) is 1.84. The van der Waals surface area contributed by atoms with Gasteiger partial charge in [-0.3, -0.25) is 9.97 Å². The quantitative estimate of drug-likeness (QED) is 0.766. The summed E-state index contributed by atoms with van der Waals surface area (Å²) < 4.78 is 22.5. The highest BCUT2D eigenvalue weighted by atomic mass is 32.2. The molecule has 0 atom stereocenters. The van der Waals surface area contributed by atoms with Gasteiger partial charge in [-0.25, -0.2) is 13.6 Å².